The van der Waals surface area contributed by atoms with E-state index in [1.165, 1.54) is 5.56 Å². The number of rotatable bonds is 4. The molecule has 1 aliphatic rings. The summed E-state index contributed by atoms with van der Waals surface area (Å²) in [5.41, 5.74) is 7.48. The Balaban J connectivity index is 1.59. The highest BCUT2D eigenvalue weighted by molar-refractivity contribution is 5.87. The van der Waals surface area contributed by atoms with E-state index in [-0.39, 0.29) is 5.91 Å². The third-order valence-electron chi connectivity index (χ3n) is 4.63. The number of hydrogen-bond donors (Lipinski definition) is 1. The maximum Gasteiger partial charge on any atom is 0.247 e. The fraction of sp³-hybridized carbons (Fsp3) is 0.368. The molecule has 2 aromatic rings. The standard InChI is InChI=1S/C19H24N4O/c1-19(20,17-5-3-2-4-6-17)18(24)23-13-11-22(12-14-23)15-16-7-9-21-10-8-16/h2-10H,11-15,20H2,1H3. The summed E-state index contributed by atoms with van der Waals surface area (Å²) in [6.45, 7) is 5.84. The second-order valence-corrected chi connectivity index (χ2v) is 6.49. The van der Waals surface area contributed by atoms with Crippen LogP contribution in [0.15, 0.2) is 54.9 Å². The zero-order valence-electron chi connectivity index (χ0n) is 14.1. The van der Waals surface area contributed by atoms with Crippen LogP contribution in [0, 0.1) is 0 Å². The van der Waals surface area contributed by atoms with Crippen LogP contribution < -0.4 is 5.73 Å². The minimum atomic E-state index is -0.978. The first kappa shape index (κ1) is 16.6. The summed E-state index contributed by atoms with van der Waals surface area (Å²) in [7, 11) is 0. The largest absolute Gasteiger partial charge is 0.338 e. The molecule has 0 saturated carbocycles. The van der Waals surface area contributed by atoms with E-state index in [9.17, 15) is 4.79 Å². The molecule has 5 heteroatoms. The number of hydrogen-bond acceptors (Lipinski definition) is 4. The van der Waals surface area contributed by atoms with Crippen LogP contribution in [0.3, 0.4) is 0 Å². The van der Waals surface area contributed by atoms with E-state index < -0.39 is 5.54 Å². The number of carbonyl (C=O) groups excluding carboxylic acids is 1. The molecule has 1 amide bonds. The summed E-state index contributed by atoms with van der Waals surface area (Å²) >= 11 is 0. The van der Waals surface area contributed by atoms with Crippen molar-refractivity contribution in [1.29, 1.82) is 0 Å². The van der Waals surface area contributed by atoms with E-state index in [2.05, 4.69) is 9.88 Å². The van der Waals surface area contributed by atoms with Gasteiger partial charge in [-0.25, -0.2) is 0 Å². The minimum absolute atomic E-state index is 0.00254. The van der Waals surface area contributed by atoms with E-state index in [1.54, 1.807) is 6.92 Å². The van der Waals surface area contributed by atoms with E-state index in [1.807, 2.05) is 59.8 Å². The molecule has 2 N–H and O–H groups in total. The molecule has 0 spiro atoms. The first-order chi connectivity index (χ1) is 11.6. The van der Waals surface area contributed by atoms with Gasteiger partial charge in [0.2, 0.25) is 5.91 Å². The summed E-state index contributed by atoms with van der Waals surface area (Å²) in [5, 5.41) is 0. The smallest absolute Gasteiger partial charge is 0.247 e. The van der Waals surface area contributed by atoms with Gasteiger partial charge < -0.3 is 10.6 Å². The monoisotopic (exact) mass is 324 g/mol. The van der Waals surface area contributed by atoms with Crippen molar-refractivity contribution in [2.75, 3.05) is 26.2 Å². The van der Waals surface area contributed by atoms with Crippen LogP contribution >= 0.6 is 0 Å². The van der Waals surface area contributed by atoms with Gasteiger partial charge in [0.15, 0.2) is 0 Å². The number of carbonyl (C=O) groups is 1. The average molecular weight is 324 g/mol. The molecular formula is C19H24N4O. The number of nitrogens with zero attached hydrogens (tertiary/aromatic N) is 3. The second kappa shape index (κ2) is 7.11. The number of benzene rings is 1. The van der Waals surface area contributed by atoms with Crippen molar-refractivity contribution in [3.63, 3.8) is 0 Å². The van der Waals surface area contributed by atoms with Gasteiger partial charge in [0.25, 0.3) is 0 Å². The molecule has 3 rings (SSSR count). The lowest BCUT2D eigenvalue weighted by molar-refractivity contribution is -0.138. The molecule has 1 aromatic carbocycles. The quantitative estimate of drug-likeness (QED) is 0.928. The van der Waals surface area contributed by atoms with Gasteiger partial charge in [-0.1, -0.05) is 30.3 Å². The Morgan fingerprint density at radius 3 is 2.33 bits per heavy atom. The van der Waals surface area contributed by atoms with Crippen LogP contribution in [-0.4, -0.2) is 46.9 Å². The maximum absolute atomic E-state index is 12.9. The molecule has 1 fully saturated rings. The summed E-state index contributed by atoms with van der Waals surface area (Å²) in [6, 6.07) is 13.7. The first-order valence-corrected chi connectivity index (χ1v) is 8.32. The minimum Gasteiger partial charge on any atom is -0.338 e. The normalized spacial score (nSPS) is 18.2. The first-order valence-electron chi connectivity index (χ1n) is 8.32. The van der Waals surface area contributed by atoms with Crippen LogP contribution in [0.2, 0.25) is 0 Å². The van der Waals surface area contributed by atoms with Crippen LogP contribution in [0.4, 0.5) is 0 Å². The molecular weight excluding hydrogens is 300 g/mol. The number of amides is 1. The predicted molar refractivity (Wildman–Crippen MR) is 94.1 cm³/mol. The fourth-order valence-corrected chi connectivity index (χ4v) is 3.09. The molecule has 5 nitrogen and oxygen atoms in total. The Labute approximate surface area is 143 Å². The van der Waals surface area contributed by atoms with Crippen LogP contribution in [0.5, 0.6) is 0 Å². The van der Waals surface area contributed by atoms with E-state index in [4.69, 9.17) is 5.73 Å². The van der Waals surface area contributed by atoms with Gasteiger partial charge in [-0.3, -0.25) is 14.7 Å². The highest BCUT2D eigenvalue weighted by atomic mass is 16.2. The molecule has 1 unspecified atom stereocenters. The topological polar surface area (TPSA) is 62.5 Å². The molecule has 1 aromatic heterocycles. The number of pyridine rings is 1. The SMILES string of the molecule is CC(N)(C(=O)N1CCN(Cc2ccncc2)CC1)c1ccccc1. The maximum atomic E-state index is 12.9. The van der Waals surface area contributed by atoms with Gasteiger partial charge >= 0.3 is 0 Å². The molecule has 1 atom stereocenters. The Bertz CT molecular complexity index is 664. The summed E-state index contributed by atoms with van der Waals surface area (Å²) < 4.78 is 0. The average Bonchev–Trinajstić information content (AvgIpc) is 2.63. The summed E-state index contributed by atoms with van der Waals surface area (Å²) in [4.78, 5) is 21.1. The van der Waals surface area contributed by atoms with E-state index in [0.717, 1.165) is 25.2 Å². The zero-order valence-corrected chi connectivity index (χ0v) is 14.1. The molecule has 24 heavy (non-hydrogen) atoms. The summed E-state index contributed by atoms with van der Waals surface area (Å²) in [5.74, 6) is -0.00254. The van der Waals surface area contributed by atoms with Gasteiger partial charge in [0, 0.05) is 45.1 Å². The number of aromatic nitrogens is 1. The predicted octanol–water partition coefficient (Wildman–Crippen LogP) is 1.60. The molecule has 126 valence electrons. The molecule has 1 aliphatic heterocycles. The van der Waals surface area contributed by atoms with Crippen molar-refractivity contribution in [1.82, 2.24) is 14.8 Å². The molecule has 0 aliphatic carbocycles. The molecule has 2 heterocycles. The van der Waals surface area contributed by atoms with Crippen LogP contribution in [-0.2, 0) is 16.9 Å². The lowest BCUT2D eigenvalue weighted by Crippen LogP contribution is -2.56. The second-order valence-electron chi connectivity index (χ2n) is 6.49. The highest BCUT2D eigenvalue weighted by Gasteiger charge is 2.35. The van der Waals surface area contributed by atoms with Crippen LogP contribution in [0.25, 0.3) is 0 Å². The third-order valence-corrected chi connectivity index (χ3v) is 4.63. The van der Waals surface area contributed by atoms with Crippen molar-refractivity contribution < 1.29 is 4.79 Å². The molecule has 0 radical (unpaired) electrons. The highest BCUT2D eigenvalue weighted by Crippen LogP contribution is 2.21. The van der Waals surface area contributed by atoms with Crippen molar-refractivity contribution >= 4 is 5.91 Å². The lowest BCUT2D eigenvalue weighted by Gasteiger charge is -2.38. The van der Waals surface area contributed by atoms with E-state index in [0.29, 0.717) is 13.1 Å². The van der Waals surface area contributed by atoms with E-state index >= 15 is 0 Å². The molecule has 1 saturated heterocycles. The summed E-state index contributed by atoms with van der Waals surface area (Å²) in [6.07, 6.45) is 3.63. The van der Waals surface area contributed by atoms with Crippen molar-refractivity contribution in [3.8, 4) is 0 Å². The Hall–Kier alpha value is -2.24. The fourth-order valence-electron chi connectivity index (χ4n) is 3.09. The Kier molecular flexibility index (Phi) is 4.92. The lowest BCUT2D eigenvalue weighted by atomic mass is 9.91. The van der Waals surface area contributed by atoms with Crippen molar-refractivity contribution in [2.45, 2.75) is 19.0 Å². The number of piperazine rings is 1. The van der Waals surface area contributed by atoms with Crippen molar-refractivity contribution in [3.05, 3.63) is 66.0 Å². The van der Waals surface area contributed by atoms with Gasteiger partial charge in [0.1, 0.15) is 5.54 Å². The zero-order chi connectivity index (χ0) is 17.0. The van der Waals surface area contributed by atoms with Crippen LogP contribution in [0.1, 0.15) is 18.1 Å². The third kappa shape index (κ3) is 3.63. The Morgan fingerprint density at radius 1 is 1.08 bits per heavy atom. The van der Waals surface area contributed by atoms with Crippen molar-refractivity contribution in [2.24, 2.45) is 5.73 Å². The number of nitrogens with two attached hydrogens (primary N) is 1. The van der Waals surface area contributed by atoms with Gasteiger partial charge in [0.05, 0.1) is 0 Å². The Morgan fingerprint density at radius 2 is 1.71 bits per heavy atom. The van der Waals surface area contributed by atoms with Gasteiger partial charge in [-0.15, -0.1) is 0 Å². The molecule has 0 bridgehead atoms. The van der Waals surface area contributed by atoms with Gasteiger partial charge in [-0.05, 0) is 30.2 Å². The van der Waals surface area contributed by atoms with Gasteiger partial charge in [-0.2, -0.15) is 0 Å².